The molecule has 3 heteroatoms. The number of rotatable bonds is 3. The van der Waals surface area contributed by atoms with Crippen LogP contribution in [-0.2, 0) is 0 Å². The Morgan fingerprint density at radius 2 is 2.06 bits per heavy atom. The topological polar surface area (TPSA) is 9.23 Å². The average molecular weight is 351 g/mol. The molecule has 0 N–H and O–H groups in total. The fourth-order valence-electron chi connectivity index (χ4n) is 2.08. The molecule has 0 heterocycles. The summed E-state index contributed by atoms with van der Waals surface area (Å²) in [5.41, 5.74) is 0.130. The zero-order chi connectivity index (χ0) is 11.8. The van der Waals surface area contributed by atoms with Crippen molar-refractivity contribution in [3.63, 3.8) is 0 Å². The van der Waals surface area contributed by atoms with Crippen LogP contribution in [0.3, 0.4) is 0 Å². The first kappa shape index (κ1) is 12.5. The first-order chi connectivity index (χ1) is 7.56. The van der Waals surface area contributed by atoms with E-state index in [-0.39, 0.29) is 16.9 Å². The molecule has 2 rings (SSSR count). The maximum absolute atomic E-state index is 6.26. The van der Waals surface area contributed by atoms with Gasteiger partial charge in [-0.2, -0.15) is 0 Å². The van der Waals surface area contributed by atoms with E-state index in [0.29, 0.717) is 0 Å². The summed E-state index contributed by atoms with van der Waals surface area (Å²) in [5.74, 6) is 0.952. The van der Waals surface area contributed by atoms with Crippen molar-refractivity contribution in [2.75, 3.05) is 0 Å². The van der Waals surface area contributed by atoms with Crippen LogP contribution in [-0.4, -0.2) is 11.5 Å². The van der Waals surface area contributed by atoms with Crippen LogP contribution >= 0.6 is 34.2 Å². The number of hydrogen-bond acceptors (Lipinski definition) is 1. The summed E-state index contributed by atoms with van der Waals surface area (Å²) in [7, 11) is 0. The molecule has 0 spiro atoms. The largest absolute Gasteiger partial charge is 0.490 e. The lowest BCUT2D eigenvalue weighted by Crippen LogP contribution is -2.55. The molecule has 1 fully saturated rings. The van der Waals surface area contributed by atoms with Crippen molar-refractivity contribution in [3.8, 4) is 5.75 Å². The highest BCUT2D eigenvalue weighted by molar-refractivity contribution is 14.1. The van der Waals surface area contributed by atoms with Crippen LogP contribution in [0, 0.1) is 8.99 Å². The van der Waals surface area contributed by atoms with Gasteiger partial charge in [0.15, 0.2) is 0 Å². The quantitative estimate of drug-likeness (QED) is 0.577. The Hall–Kier alpha value is 0.0400. The molecule has 3 unspecified atom stereocenters. The molecule has 0 amide bonds. The summed E-state index contributed by atoms with van der Waals surface area (Å²) in [5, 5.41) is 0.256. The van der Waals surface area contributed by atoms with Gasteiger partial charge in [0.1, 0.15) is 11.9 Å². The predicted molar refractivity (Wildman–Crippen MR) is 76.2 cm³/mol. The second-order valence-corrected chi connectivity index (χ2v) is 6.40. The Morgan fingerprint density at radius 1 is 1.44 bits per heavy atom. The second kappa shape index (κ2) is 4.73. The van der Waals surface area contributed by atoms with Gasteiger partial charge in [-0.1, -0.05) is 13.8 Å². The predicted octanol–water partition coefficient (Wildman–Crippen LogP) is 4.47. The van der Waals surface area contributed by atoms with Gasteiger partial charge in [-0.05, 0) is 53.3 Å². The molecule has 1 aromatic carbocycles. The fraction of sp³-hybridized carbons (Fsp3) is 0.538. The maximum Gasteiger partial charge on any atom is 0.119 e. The number of alkyl halides is 1. The van der Waals surface area contributed by atoms with Gasteiger partial charge in [-0.3, -0.25) is 0 Å². The normalized spacial score (nSPS) is 33.2. The van der Waals surface area contributed by atoms with Gasteiger partial charge in [-0.25, -0.2) is 0 Å². The molecule has 1 aromatic rings. The van der Waals surface area contributed by atoms with Crippen molar-refractivity contribution in [3.05, 3.63) is 27.8 Å². The molecule has 0 saturated heterocycles. The minimum Gasteiger partial charge on any atom is -0.490 e. The SMILES string of the molecule is CCC1(C)C(Cl)CC1Oc1ccc(I)cc1. The van der Waals surface area contributed by atoms with Gasteiger partial charge in [0.05, 0.1) is 0 Å². The fourth-order valence-corrected chi connectivity index (χ4v) is 2.89. The first-order valence-electron chi connectivity index (χ1n) is 5.62. The average Bonchev–Trinajstić information content (AvgIpc) is 2.30. The highest BCUT2D eigenvalue weighted by atomic mass is 127. The zero-order valence-corrected chi connectivity index (χ0v) is 12.5. The van der Waals surface area contributed by atoms with Gasteiger partial charge in [0, 0.05) is 20.8 Å². The molecular weight excluding hydrogens is 334 g/mol. The van der Waals surface area contributed by atoms with E-state index in [4.69, 9.17) is 16.3 Å². The third kappa shape index (κ3) is 2.19. The van der Waals surface area contributed by atoms with Crippen molar-refractivity contribution in [1.29, 1.82) is 0 Å². The van der Waals surface area contributed by atoms with Crippen LogP contribution < -0.4 is 4.74 Å². The summed E-state index contributed by atoms with van der Waals surface area (Å²) < 4.78 is 7.22. The van der Waals surface area contributed by atoms with E-state index < -0.39 is 0 Å². The van der Waals surface area contributed by atoms with Gasteiger partial charge in [0.2, 0.25) is 0 Å². The minimum atomic E-state index is 0.130. The number of hydrogen-bond donors (Lipinski definition) is 0. The van der Waals surface area contributed by atoms with Gasteiger partial charge >= 0.3 is 0 Å². The number of ether oxygens (including phenoxy) is 1. The van der Waals surface area contributed by atoms with Gasteiger partial charge < -0.3 is 4.74 Å². The van der Waals surface area contributed by atoms with Crippen LogP contribution in [0.15, 0.2) is 24.3 Å². The molecule has 0 bridgehead atoms. The molecule has 88 valence electrons. The lowest BCUT2D eigenvalue weighted by Gasteiger charge is -2.50. The third-order valence-electron chi connectivity index (χ3n) is 3.73. The Morgan fingerprint density at radius 3 is 2.56 bits per heavy atom. The molecule has 3 atom stereocenters. The van der Waals surface area contributed by atoms with E-state index in [1.165, 1.54) is 3.57 Å². The van der Waals surface area contributed by atoms with E-state index in [1.807, 2.05) is 12.1 Å². The highest BCUT2D eigenvalue weighted by Crippen LogP contribution is 2.49. The van der Waals surface area contributed by atoms with Crippen molar-refractivity contribution in [2.45, 2.75) is 38.2 Å². The second-order valence-electron chi connectivity index (χ2n) is 4.62. The van der Waals surface area contributed by atoms with Crippen LogP contribution in [0.1, 0.15) is 26.7 Å². The van der Waals surface area contributed by atoms with Crippen LogP contribution in [0.5, 0.6) is 5.75 Å². The molecule has 0 aromatic heterocycles. The summed E-state index contributed by atoms with van der Waals surface area (Å²) >= 11 is 8.56. The van der Waals surface area contributed by atoms with Crippen molar-refractivity contribution in [1.82, 2.24) is 0 Å². The van der Waals surface area contributed by atoms with Gasteiger partial charge in [0.25, 0.3) is 0 Å². The summed E-state index contributed by atoms with van der Waals surface area (Å²) in [4.78, 5) is 0. The molecule has 1 saturated carbocycles. The Labute approximate surface area is 116 Å². The monoisotopic (exact) mass is 350 g/mol. The minimum absolute atomic E-state index is 0.130. The van der Waals surface area contributed by atoms with Crippen LogP contribution in [0.2, 0.25) is 0 Å². The van der Waals surface area contributed by atoms with E-state index in [2.05, 4.69) is 48.6 Å². The highest BCUT2D eigenvalue weighted by Gasteiger charge is 2.51. The third-order valence-corrected chi connectivity index (χ3v) is 5.12. The lowest BCUT2D eigenvalue weighted by atomic mass is 9.65. The standard InChI is InChI=1S/C13H16ClIO/c1-3-13(2)11(14)8-12(13)16-10-6-4-9(15)5-7-10/h4-7,11-12H,3,8H2,1-2H3. The van der Waals surface area contributed by atoms with E-state index in [0.717, 1.165) is 18.6 Å². The number of benzene rings is 1. The van der Waals surface area contributed by atoms with E-state index >= 15 is 0 Å². The van der Waals surface area contributed by atoms with Crippen LogP contribution in [0.4, 0.5) is 0 Å². The molecule has 1 aliphatic rings. The molecule has 1 aliphatic carbocycles. The van der Waals surface area contributed by atoms with Crippen molar-refractivity contribution < 1.29 is 4.74 Å². The van der Waals surface area contributed by atoms with Gasteiger partial charge in [-0.15, -0.1) is 11.6 Å². The molecular formula is C13H16ClIO. The van der Waals surface area contributed by atoms with Crippen molar-refractivity contribution >= 4 is 34.2 Å². The summed E-state index contributed by atoms with van der Waals surface area (Å²) in [6.45, 7) is 4.39. The Kier molecular flexibility index (Phi) is 3.69. The molecule has 0 aliphatic heterocycles. The summed E-state index contributed by atoms with van der Waals surface area (Å²) in [6, 6.07) is 8.19. The van der Waals surface area contributed by atoms with Crippen molar-refractivity contribution in [2.24, 2.45) is 5.41 Å². The maximum atomic E-state index is 6.26. The van der Waals surface area contributed by atoms with E-state index in [1.54, 1.807) is 0 Å². The molecule has 0 radical (unpaired) electrons. The Bertz CT molecular complexity index is 365. The van der Waals surface area contributed by atoms with E-state index in [9.17, 15) is 0 Å². The zero-order valence-electron chi connectivity index (χ0n) is 9.54. The molecule has 16 heavy (non-hydrogen) atoms. The number of halogens is 2. The Balaban J connectivity index is 2.04. The summed E-state index contributed by atoms with van der Waals surface area (Å²) in [6.07, 6.45) is 2.29. The van der Waals surface area contributed by atoms with Crippen LogP contribution in [0.25, 0.3) is 0 Å². The smallest absolute Gasteiger partial charge is 0.119 e. The molecule has 1 nitrogen and oxygen atoms in total. The lowest BCUT2D eigenvalue weighted by molar-refractivity contribution is -0.0294. The first-order valence-corrected chi connectivity index (χ1v) is 7.14.